The average molecular weight is 395 g/mol. The highest BCUT2D eigenvalue weighted by Crippen LogP contribution is 2.52. The molecule has 4 heterocycles. The molecule has 7 nitrogen and oxygen atoms in total. The number of amides is 3. The Bertz CT molecular complexity index is 913. The van der Waals surface area contributed by atoms with Gasteiger partial charge >= 0.3 is 0 Å². The lowest BCUT2D eigenvalue weighted by atomic mass is 9.76. The minimum Gasteiger partial charge on any atom is -0.360 e. The molecule has 1 aromatic rings. The van der Waals surface area contributed by atoms with Crippen molar-refractivity contribution in [3.63, 3.8) is 0 Å². The van der Waals surface area contributed by atoms with Gasteiger partial charge in [-0.15, -0.1) is 0 Å². The maximum Gasteiger partial charge on any atom is 0.230 e. The standard InChI is InChI=1S/C22H25N3O4/c1-14-3-2-4-15(11-14)12-25-13-22-7-5-16(29-22)18(19(22)21(25)28)20(27)24-9-6-17(26)23-8-10-24/h2-5,7,11,16,18-19H,6,8-10,12-13H2,1H3,(H,23,26)/t16-,18-,19-,22-/m0/s1. The van der Waals surface area contributed by atoms with Crippen LogP contribution in [0.1, 0.15) is 17.5 Å². The molecule has 1 N–H and O–H groups in total. The van der Waals surface area contributed by atoms with E-state index in [1.165, 1.54) is 0 Å². The highest BCUT2D eigenvalue weighted by atomic mass is 16.5. The molecular formula is C22H25N3O4. The highest BCUT2D eigenvalue weighted by Gasteiger charge is 2.67. The van der Waals surface area contributed by atoms with Crippen LogP contribution in [0.2, 0.25) is 0 Å². The third kappa shape index (κ3) is 2.95. The fourth-order valence-electron chi connectivity index (χ4n) is 5.22. The molecule has 0 saturated carbocycles. The molecular weight excluding hydrogens is 370 g/mol. The van der Waals surface area contributed by atoms with Crippen molar-refractivity contribution in [2.75, 3.05) is 26.2 Å². The number of hydrogen-bond acceptors (Lipinski definition) is 4. The predicted octanol–water partition coefficient (Wildman–Crippen LogP) is 0.626. The van der Waals surface area contributed by atoms with Gasteiger partial charge in [0.2, 0.25) is 17.7 Å². The van der Waals surface area contributed by atoms with Crippen molar-refractivity contribution in [3.05, 3.63) is 47.5 Å². The fraction of sp³-hybridized carbons (Fsp3) is 0.500. The number of ether oxygens (including phenoxy) is 1. The summed E-state index contributed by atoms with van der Waals surface area (Å²) in [6.45, 7) is 4.33. The van der Waals surface area contributed by atoms with Gasteiger partial charge in [-0.1, -0.05) is 42.0 Å². The van der Waals surface area contributed by atoms with E-state index in [1.807, 2.05) is 42.2 Å². The molecule has 2 bridgehead atoms. The summed E-state index contributed by atoms with van der Waals surface area (Å²) in [4.78, 5) is 41.9. The molecule has 0 unspecified atom stereocenters. The fourth-order valence-corrected chi connectivity index (χ4v) is 5.22. The van der Waals surface area contributed by atoms with Gasteiger partial charge in [0.1, 0.15) is 5.60 Å². The Morgan fingerprint density at radius 3 is 3.00 bits per heavy atom. The molecule has 4 atom stereocenters. The van der Waals surface area contributed by atoms with Gasteiger partial charge in [-0.25, -0.2) is 0 Å². The molecule has 0 radical (unpaired) electrons. The van der Waals surface area contributed by atoms with Gasteiger partial charge < -0.3 is 19.9 Å². The summed E-state index contributed by atoms with van der Waals surface area (Å²) < 4.78 is 6.22. The van der Waals surface area contributed by atoms with E-state index in [1.54, 1.807) is 4.90 Å². The molecule has 5 rings (SSSR count). The monoisotopic (exact) mass is 395 g/mol. The lowest BCUT2D eigenvalue weighted by Crippen LogP contribution is -2.47. The Hall–Kier alpha value is -2.67. The summed E-state index contributed by atoms with van der Waals surface area (Å²) in [5, 5.41) is 2.79. The molecule has 3 fully saturated rings. The van der Waals surface area contributed by atoms with E-state index in [2.05, 4.69) is 11.4 Å². The predicted molar refractivity (Wildman–Crippen MR) is 105 cm³/mol. The maximum atomic E-state index is 13.4. The highest BCUT2D eigenvalue weighted by molar-refractivity contribution is 5.93. The number of aryl methyl sites for hydroxylation is 1. The Morgan fingerprint density at radius 1 is 1.31 bits per heavy atom. The van der Waals surface area contributed by atoms with Gasteiger partial charge in [0.25, 0.3) is 0 Å². The van der Waals surface area contributed by atoms with Gasteiger partial charge in [0.05, 0.1) is 24.5 Å². The molecule has 1 aromatic carbocycles. The van der Waals surface area contributed by atoms with Gasteiger partial charge in [0.15, 0.2) is 0 Å². The van der Waals surface area contributed by atoms with E-state index in [0.717, 1.165) is 11.1 Å². The van der Waals surface area contributed by atoms with E-state index in [-0.39, 0.29) is 23.8 Å². The second kappa shape index (κ2) is 6.69. The van der Waals surface area contributed by atoms with Crippen LogP contribution in [0.25, 0.3) is 0 Å². The van der Waals surface area contributed by atoms with E-state index in [9.17, 15) is 14.4 Å². The van der Waals surface area contributed by atoms with E-state index >= 15 is 0 Å². The second-order valence-electron chi connectivity index (χ2n) is 8.51. The van der Waals surface area contributed by atoms with Gasteiger partial charge in [-0.3, -0.25) is 14.4 Å². The summed E-state index contributed by atoms with van der Waals surface area (Å²) in [5.41, 5.74) is 1.53. The van der Waals surface area contributed by atoms with Crippen molar-refractivity contribution in [1.29, 1.82) is 0 Å². The van der Waals surface area contributed by atoms with E-state index in [4.69, 9.17) is 4.74 Å². The van der Waals surface area contributed by atoms with Crippen LogP contribution >= 0.6 is 0 Å². The maximum absolute atomic E-state index is 13.4. The quantitative estimate of drug-likeness (QED) is 0.762. The molecule has 0 aliphatic carbocycles. The van der Waals surface area contributed by atoms with Crippen LogP contribution in [0.4, 0.5) is 0 Å². The molecule has 0 aromatic heterocycles. The molecule has 3 amide bonds. The van der Waals surface area contributed by atoms with Gasteiger partial charge in [-0.05, 0) is 12.5 Å². The van der Waals surface area contributed by atoms with Crippen molar-refractivity contribution in [1.82, 2.24) is 15.1 Å². The number of carbonyl (C=O) groups is 3. The Kier molecular flexibility index (Phi) is 4.24. The zero-order valence-electron chi connectivity index (χ0n) is 16.5. The molecule has 3 saturated heterocycles. The van der Waals surface area contributed by atoms with Crippen LogP contribution in [0.3, 0.4) is 0 Å². The van der Waals surface area contributed by atoms with Crippen molar-refractivity contribution >= 4 is 17.7 Å². The third-order valence-corrected chi connectivity index (χ3v) is 6.54. The van der Waals surface area contributed by atoms with Crippen LogP contribution in [0.15, 0.2) is 36.4 Å². The van der Waals surface area contributed by atoms with Crippen LogP contribution < -0.4 is 5.32 Å². The zero-order valence-corrected chi connectivity index (χ0v) is 16.5. The van der Waals surface area contributed by atoms with Crippen LogP contribution in [0.5, 0.6) is 0 Å². The minimum absolute atomic E-state index is 0.0132. The smallest absolute Gasteiger partial charge is 0.230 e. The Morgan fingerprint density at radius 2 is 2.17 bits per heavy atom. The number of likely N-dealkylation sites (tertiary alicyclic amines) is 1. The normalized spacial score (nSPS) is 33.1. The summed E-state index contributed by atoms with van der Waals surface area (Å²) >= 11 is 0. The third-order valence-electron chi connectivity index (χ3n) is 6.54. The lowest BCUT2D eigenvalue weighted by molar-refractivity contribution is -0.143. The topological polar surface area (TPSA) is 79.0 Å². The van der Waals surface area contributed by atoms with Crippen molar-refractivity contribution in [2.24, 2.45) is 11.8 Å². The minimum atomic E-state index is -0.703. The number of rotatable bonds is 3. The Labute approximate surface area is 169 Å². The SMILES string of the molecule is Cc1cccc(CN2C[C@]34C=C[C@H](O3)[C@H](C(=O)N3CCNC(=O)CC3)[C@H]4C2=O)c1. The molecule has 152 valence electrons. The van der Waals surface area contributed by atoms with Crippen LogP contribution in [-0.4, -0.2) is 65.4 Å². The van der Waals surface area contributed by atoms with Gasteiger partial charge in [0, 0.05) is 32.6 Å². The molecule has 7 heteroatoms. The molecule has 4 aliphatic heterocycles. The number of fused-ring (bicyclic) bond motifs is 1. The molecule has 4 aliphatic rings. The van der Waals surface area contributed by atoms with Crippen LogP contribution in [-0.2, 0) is 25.7 Å². The van der Waals surface area contributed by atoms with Gasteiger partial charge in [-0.2, -0.15) is 0 Å². The van der Waals surface area contributed by atoms with Crippen molar-refractivity contribution in [2.45, 2.75) is 31.6 Å². The second-order valence-corrected chi connectivity index (χ2v) is 8.51. The Balaban J connectivity index is 1.38. The van der Waals surface area contributed by atoms with Crippen LogP contribution in [0, 0.1) is 18.8 Å². The summed E-state index contributed by atoms with van der Waals surface area (Å²) in [6, 6.07) is 8.13. The van der Waals surface area contributed by atoms with Crippen molar-refractivity contribution < 1.29 is 19.1 Å². The first-order chi connectivity index (χ1) is 14.0. The van der Waals surface area contributed by atoms with E-state index < -0.39 is 17.4 Å². The number of carbonyl (C=O) groups excluding carboxylic acids is 3. The largest absolute Gasteiger partial charge is 0.360 e. The number of hydrogen-bond donors (Lipinski definition) is 1. The molecule has 29 heavy (non-hydrogen) atoms. The summed E-state index contributed by atoms with van der Waals surface area (Å²) in [7, 11) is 0. The first kappa shape index (κ1) is 18.4. The summed E-state index contributed by atoms with van der Waals surface area (Å²) in [5.74, 6) is -1.12. The number of nitrogens with one attached hydrogen (secondary N) is 1. The zero-order chi connectivity index (χ0) is 20.2. The lowest BCUT2D eigenvalue weighted by Gasteiger charge is -2.29. The molecule has 1 spiro atoms. The first-order valence-corrected chi connectivity index (χ1v) is 10.2. The summed E-state index contributed by atoms with van der Waals surface area (Å²) in [6.07, 6.45) is 3.85. The van der Waals surface area contributed by atoms with Crippen molar-refractivity contribution in [3.8, 4) is 0 Å². The average Bonchev–Trinajstić information content (AvgIpc) is 3.26. The number of nitrogens with zero attached hydrogens (tertiary/aromatic N) is 2. The number of benzene rings is 1. The first-order valence-electron chi connectivity index (χ1n) is 10.2. The van der Waals surface area contributed by atoms with E-state index in [0.29, 0.717) is 39.1 Å².